The molecule has 0 nitrogen and oxygen atoms in total. The number of aryl methyl sites for hydroxylation is 4. The quantitative estimate of drug-likeness (QED) is 0.595. The van der Waals surface area contributed by atoms with Crippen LogP contribution in [-0.2, 0) is 25.7 Å². The van der Waals surface area contributed by atoms with E-state index in [1.807, 2.05) is 0 Å². The first-order valence-electron chi connectivity index (χ1n) is 8.82. The van der Waals surface area contributed by atoms with Crippen LogP contribution < -0.4 is 0 Å². The Bertz CT molecular complexity index is 712. The van der Waals surface area contributed by atoms with E-state index in [9.17, 15) is 0 Å². The van der Waals surface area contributed by atoms with Gasteiger partial charge in [-0.15, -0.1) is 0 Å². The second kappa shape index (κ2) is 4.98. The summed E-state index contributed by atoms with van der Waals surface area (Å²) >= 11 is 0. The molecule has 0 aromatic heterocycles. The van der Waals surface area contributed by atoms with Gasteiger partial charge in [0.15, 0.2) is 0 Å². The van der Waals surface area contributed by atoms with Crippen molar-refractivity contribution in [3.63, 3.8) is 0 Å². The fourth-order valence-corrected chi connectivity index (χ4v) is 4.68. The van der Waals surface area contributed by atoms with Crippen molar-refractivity contribution >= 4 is 0 Å². The molecule has 0 heterocycles. The molecule has 2 aliphatic carbocycles. The first-order chi connectivity index (χ1) is 10.6. The van der Waals surface area contributed by atoms with Crippen LogP contribution in [0.25, 0.3) is 11.1 Å². The molecule has 0 amide bonds. The molecule has 0 atom stereocenters. The van der Waals surface area contributed by atoms with Crippen LogP contribution in [0.4, 0.5) is 0 Å². The minimum atomic E-state index is 1.25. The largest absolute Gasteiger partial charge is 0.0552 e. The molecule has 0 spiro atoms. The molecule has 0 saturated carbocycles. The summed E-state index contributed by atoms with van der Waals surface area (Å²) in [6.07, 6.45) is 7.59. The molecule has 4 rings (SSSR count). The molecule has 114 valence electrons. The maximum Gasteiger partial charge on any atom is -0.0111 e. The summed E-state index contributed by atoms with van der Waals surface area (Å²) in [6, 6.07) is 4.96. The predicted octanol–water partition coefficient (Wildman–Crippen LogP) is 5.56. The molecule has 0 bridgehead atoms. The lowest BCUT2D eigenvalue weighted by molar-refractivity contribution is 0.805. The van der Waals surface area contributed by atoms with Crippen LogP contribution in [0.15, 0.2) is 12.1 Å². The molecule has 22 heavy (non-hydrogen) atoms. The number of benzene rings is 2. The van der Waals surface area contributed by atoms with Crippen molar-refractivity contribution in [3.8, 4) is 11.1 Å². The van der Waals surface area contributed by atoms with Crippen LogP contribution in [-0.4, -0.2) is 0 Å². The smallest absolute Gasteiger partial charge is 0.0111 e. The molecule has 2 aromatic rings. The Kier molecular flexibility index (Phi) is 3.18. The van der Waals surface area contributed by atoms with Gasteiger partial charge in [0.05, 0.1) is 0 Å². The molecule has 2 aromatic carbocycles. The summed E-state index contributed by atoms with van der Waals surface area (Å²) in [7, 11) is 0. The summed E-state index contributed by atoms with van der Waals surface area (Å²) in [6.45, 7) is 9.26. The Morgan fingerprint density at radius 2 is 1.00 bits per heavy atom. The molecule has 0 radical (unpaired) electrons. The summed E-state index contributed by atoms with van der Waals surface area (Å²) in [5.41, 5.74) is 15.9. The molecule has 0 heteroatoms. The van der Waals surface area contributed by atoms with Gasteiger partial charge in [0.2, 0.25) is 0 Å². The first-order valence-corrected chi connectivity index (χ1v) is 8.82. The van der Waals surface area contributed by atoms with E-state index in [-0.39, 0.29) is 0 Å². The van der Waals surface area contributed by atoms with E-state index in [1.54, 1.807) is 33.4 Å². The van der Waals surface area contributed by atoms with Crippen LogP contribution >= 0.6 is 0 Å². The van der Waals surface area contributed by atoms with Crippen LogP contribution in [0, 0.1) is 27.7 Å². The van der Waals surface area contributed by atoms with Gasteiger partial charge in [-0.05, 0) is 122 Å². The van der Waals surface area contributed by atoms with Gasteiger partial charge in [-0.1, -0.05) is 12.1 Å². The van der Waals surface area contributed by atoms with Crippen molar-refractivity contribution in [2.24, 2.45) is 0 Å². The Morgan fingerprint density at radius 3 is 1.45 bits per heavy atom. The van der Waals surface area contributed by atoms with Gasteiger partial charge >= 0.3 is 0 Å². The SMILES string of the molecule is Cc1cc2c3c(c1C)CCCc1c(C)c(C)cc(c1-3)CCC2. The first kappa shape index (κ1) is 14.1. The van der Waals surface area contributed by atoms with Crippen molar-refractivity contribution in [1.29, 1.82) is 0 Å². The number of hydrogen-bond acceptors (Lipinski definition) is 0. The van der Waals surface area contributed by atoms with E-state index in [0.29, 0.717) is 0 Å². The van der Waals surface area contributed by atoms with E-state index < -0.39 is 0 Å². The van der Waals surface area contributed by atoms with E-state index >= 15 is 0 Å². The lowest BCUT2D eigenvalue weighted by Gasteiger charge is -2.21. The van der Waals surface area contributed by atoms with Gasteiger partial charge in [-0.2, -0.15) is 0 Å². The van der Waals surface area contributed by atoms with Gasteiger partial charge < -0.3 is 0 Å². The highest BCUT2D eigenvalue weighted by atomic mass is 14.3. The second-order valence-corrected chi connectivity index (χ2v) is 7.37. The topological polar surface area (TPSA) is 0 Å². The maximum atomic E-state index is 2.48. The molecule has 0 aliphatic heterocycles. The van der Waals surface area contributed by atoms with Gasteiger partial charge in [-0.25, -0.2) is 0 Å². The summed E-state index contributed by atoms with van der Waals surface area (Å²) in [5, 5.41) is 0. The summed E-state index contributed by atoms with van der Waals surface area (Å²) in [4.78, 5) is 0. The zero-order chi connectivity index (χ0) is 15.4. The molecule has 0 fully saturated rings. The van der Waals surface area contributed by atoms with Crippen LogP contribution in [0.2, 0.25) is 0 Å². The highest BCUT2D eigenvalue weighted by Crippen LogP contribution is 2.44. The fourth-order valence-electron chi connectivity index (χ4n) is 4.68. The molecule has 0 N–H and O–H groups in total. The third-order valence-corrected chi connectivity index (χ3v) is 6.11. The monoisotopic (exact) mass is 290 g/mol. The van der Waals surface area contributed by atoms with Crippen LogP contribution in [0.5, 0.6) is 0 Å². The van der Waals surface area contributed by atoms with Crippen molar-refractivity contribution < 1.29 is 0 Å². The van der Waals surface area contributed by atoms with Gasteiger partial charge in [0.25, 0.3) is 0 Å². The lowest BCUT2D eigenvalue weighted by Crippen LogP contribution is -2.02. The van der Waals surface area contributed by atoms with E-state index in [0.717, 1.165) is 0 Å². The zero-order valence-corrected chi connectivity index (χ0v) is 14.4. The van der Waals surface area contributed by atoms with E-state index in [2.05, 4.69) is 39.8 Å². The van der Waals surface area contributed by atoms with Crippen molar-refractivity contribution in [3.05, 3.63) is 56.6 Å². The Morgan fingerprint density at radius 1 is 0.591 bits per heavy atom. The zero-order valence-electron chi connectivity index (χ0n) is 14.4. The van der Waals surface area contributed by atoms with Crippen molar-refractivity contribution in [2.75, 3.05) is 0 Å². The van der Waals surface area contributed by atoms with Gasteiger partial charge in [-0.3, -0.25) is 0 Å². The standard InChI is InChI=1S/C22H26/c1-13-11-17-7-5-8-18-12-14(2)16(4)20-10-6-9-19(15(13)3)21(17)22(18)20/h11-12H,5-10H2,1-4H3. The highest BCUT2D eigenvalue weighted by molar-refractivity contribution is 5.81. The Hall–Kier alpha value is -1.56. The molecule has 2 aliphatic rings. The lowest BCUT2D eigenvalue weighted by atomic mass is 9.84. The van der Waals surface area contributed by atoms with Crippen molar-refractivity contribution in [2.45, 2.75) is 66.2 Å². The maximum absolute atomic E-state index is 2.48. The number of rotatable bonds is 0. The second-order valence-electron chi connectivity index (χ2n) is 7.37. The van der Waals surface area contributed by atoms with E-state index in [4.69, 9.17) is 0 Å². The Labute approximate surface area is 134 Å². The molecular weight excluding hydrogens is 264 g/mol. The number of hydrogen-bond donors (Lipinski definition) is 0. The fraction of sp³-hybridized carbons (Fsp3) is 0.455. The minimum Gasteiger partial charge on any atom is -0.0552 e. The molecule has 0 saturated heterocycles. The average molecular weight is 290 g/mol. The normalized spacial score (nSPS) is 16.0. The third-order valence-electron chi connectivity index (χ3n) is 6.11. The van der Waals surface area contributed by atoms with Crippen LogP contribution in [0.1, 0.15) is 57.3 Å². The predicted molar refractivity (Wildman–Crippen MR) is 94.9 cm³/mol. The van der Waals surface area contributed by atoms with Crippen LogP contribution in [0.3, 0.4) is 0 Å². The molecular formula is C22H26. The summed E-state index contributed by atoms with van der Waals surface area (Å²) < 4.78 is 0. The van der Waals surface area contributed by atoms with Gasteiger partial charge in [0.1, 0.15) is 0 Å². The highest BCUT2D eigenvalue weighted by Gasteiger charge is 2.26. The van der Waals surface area contributed by atoms with Crippen molar-refractivity contribution in [1.82, 2.24) is 0 Å². The Balaban J connectivity index is 2.16. The van der Waals surface area contributed by atoms with Gasteiger partial charge in [0, 0.05) is 0 Å². The summed E-state index contributed by atoms with van der Waals surface area (Å²) in [5.74, 6) is 0. The average Bonchev–Trinajstić information content (AvgIpc) is 2.78. The van der Waals surface area contributed by atoms with E-state index in [1.165, 1.54) is 60.8 Å². The molecule has 0 unspecified atom stereocenters. The third kappa shape index (κ3) is 1.89. The minimum absolute atomic E-state index is 1.25.